The number of nitrogens with one attached hydrogen (secondary N) is 1. The average Bonchev–Trinajstić information content (AvgIpc) is 2.61. The summed E-state index contributed by atoms with van der Waals surface area (Å²) in [7, 11) is 0. The average molecular weight is 186 g/mol. The minimum atomic E-state index is -0.434. The summed E-state index contributed by atoms with van der Waals surface area (Å²) >= 11 is 0. The second-order valence-corrected chi connectivity index (χ2v) is 3.06. The van der Waals surface area contributed by atoms with Crippen LogP contribution in [0.4, 0.5) is 0 Å². The van der Waals surface area contributed by atoms with Crippen LogP contribution in [0.5, 0.6) is 0 Å². The fraction of sp³-hybridized carbons (Fsp3) is 0. The molecule has 70 valence electrons. The Morgan fingerprint density at radius 3 is 3.00 bits per heavy atom. The summed E-state index contributed by atoms with van der Waals surface area (Å²) in [6.45, 7) is 0. The van der Waals surface area contributed by atoms with Gasteiger partial charge in [-0.05, 0) is 29.2 Å². The maximum absolute atomic E-state index is 10.5. The number of aromatic amines is 1. The first kappa shape index (κ1) is 8.56. The van der Waals surface area contributed by atoms with Crippen molar-refractivity contribution in [1.29, 1.82) is 0 Å². The van der Waals surface area contributed by atoms with E-state index >= 15 is 0 Å². The number of primary amides is 1. The van der Waals surface area contributed by atoms with E-state index in [2.05, 4.69) is 4.98 Å². The number of rotatable bonds is 2. The molecular weight excluding hydrogens is 176 g/mol. The van der Waals surface area contributed by atoms with E-state index in [0.717, 1.165) is 16.5 Å². The summed E-state index contributed by atoms with van der Waals surface area (Å²) in [4.78, 5) is 13.6. The third kappa shape index (κ3) is 1.66. The Balaban J connectivity index is 2.39. The fourth-order valence-corrected chi connectivity index (χ4v) is 1.35. The van der Waals surface area contributed by atoms with Crippen molar-refractivity contribution in [1.82, 2.24) is 4.98 Å². The smallest absolute Gasteiger partial charge is 0.241 e. The fourth-order valence-electron chi connectivity index (χ4n) is 1.35. The molecule has 0 fully saturated rings. The van der Waals surface area contributed by atoms with Crippen LogP contribution in [0.3, 0.4) is 0 Å². The topological polar surface area (TPSA) is 58.9 Å². The molecule has 0 unspecified atom stereocenters. The van der Waals surface area contributed by atoms with Gasteiger partial charge < -0.3 is 10.7 Å². The maximum atomic E-state index is 10.5. The number of hydrogen-bond donors (Lipinski definition) is 2. The number of benzene rings is 1. The minimum absolute atomic E-state index is 0.434. The van der Waals surface area contributed by atoms with Crippen molar-refractivity contribution in [2.24, 2.45) is 5.73 Å². The number of H-pyrrole nitrogens is 1. The van der Waals surface area contributed by atoms with Crippen LogP contribution in [0.25, 0.3) is 17.0 Å². The standard InChI is InChI=1S/C11H10N2O/c12-11(14)4-2-8-1-3-9-5-6-13-10(9)7-8/h1-7,13H,(H2,12,14). The molecule has 1 heterocycles. The Morgan fingerprint density at radius 2 is 2.21 bits per heavy atom. The van der Waals surface area contributed by atoms with Crippen LogP contribution in [0.2, 0.25) is 0 Å². The van der Waals surface area contributed by atoms with E-state index in [4.69, 9.17) is 5.73 Å². The van der Waals surface area contributed by atoms with E-state index < -0.39 is 5.91 Å². The summed E-state index contributed by atoms with van der Waals surface area (Å²) in [5.74, 6) is -0.434. The Morgan fingerprint density at radius 1 is 1.36 bits per heavy atom. The molecule has 0 saturated heterocycles. The molecule has 1 aromatic heterocycles. The summed E-state index contributed by atoms with van der Waals surface area (Å²) < 4.78 is 0. The van der Waals surface area contributed by atoms with Crippen molar-refractivity contribution in [3.8, 4) is 0 Å². The molecule has 1 aromatic carbocycles. The number of carbonyl (C=O) groups is 1. The number of amides is 1. The van der Waals surface area contributed by atoms with Gasteiger partial charge in [0.05, 0.1) is 0 Å². The number of aromatic nitrogens is 1. The summed E-state index contributed by atoms with van der Waals surface area (Å²) in [6, 6.07) is 7.90. The molecule has 2 rings (SSSR count). The lowest BCUT2D eigenvalue weighted by atomic mass is 10.1. The lowest BCUT2D eigenvalue weighted by molar-refractivity contribution is -0.113. The van der Waals surface area contributed by atoms with E-state index in [0.29, 0.717) is 0 Å². The van der Waals surface area contributed by atoms with Crippen molar-refractivity contribution in [3.63, 3.8) is 0 Å². The van der Waals surface area contributed by atoms with Gasteiger partial charge in [-0.2, -0.15) is 0 Å². The van der Waals surface area contributed by atoms with E-state index in [1.807, 2.05) is 30.5 Å². The van der Waals surface area contributed by atoms with Crippen LogP contribution < -0.4 is 5.73 Å². The second kappa shape index (κ2) is 3.38. The van der Waals surface area contributed by atoms with E-state index in [1.54, 1.807) is 6.08 Å². The number of nitrogens with two attached hydrogens (primary N) is 1. The first-order valence-corrected chi connectivity index (χ1v) is 4.30. The summed E-state index contributed by atoms with van der Waals surface area (Å²) in [5, 5.41) is 1.15. The van der Waals surface area contributed by atoms with E-state index in [1.165, 1.54) is 6.08 Å². The van der Waals surface area contributed by atoms with Gasteiger partial charge in [-0.3, -0.25) is 4.79 Å². The molecule has 0 radical (unpaired) electrons. The first-order valence-electron chi connectivity index (χ1n) is 4.30. The van der Waals surface area contributed by atoms with Crippen molar-refractivity contribution in [2.75, 3.05) is 0 Å². The lowest BCUT2D eigenvalue weighted by Crippen LogP contribution is -2.04. The third-order valence-corrected chi connectivity index (χ3v) is 2.02. The predicted molar refractivity (Wildman–Crippen MR) is 56.5 cm³/mol. The highest BCUT2D eigenvalue weighted by atomic mass is 16.1. The molecule has 0 bridgehead atoms. The van der Waals surface area contributed by atoms with E-state index in [-0.39, 0.29) is 0 Å². The van der Waals surface area contributed by atoms with Crippen molar-refractivity contribution < 1.29 is 4.79 Å². The lowest BCUT2D eigenvalue weighted by Gasteiger charge is -1.93. The molecule has 3 nitrogen and oxygen atoms in total. The van der Waals surface area contributed by atoms with Gasteiger partial charge in [-0.1, -0.05) is 12.1 Å². The van der Waals surface area contributed by atoms with Crippen molar-refractivity contribution in [2.45, 2.75) is 0 Å². The molecule has 2 aromatic rings. The van der Waals surface area contributed by atoms with Crippen LogP contribution in [0.1, 0.15) is 5.56 Å². The highest BCUT2D eigenvalue weighted by Gasteiger charge is 1.94. The third-order valence-electron chi connectivity index (χ3n) is 2.02. The van der Waals surface area contributed by atoms with Crippen LogP contribution in [0.15, 0.2) is 36.5 Å². The minimum Gasteiger partial charge on any atom is -0.366 e. The summed E-state index contributed by atoms with van der Waals surface area (Å²) in [6.07, 6.45) is 4.93. The maximum Gasteiger partial charge on any atom is 0.241 e. The number of carbonyl (C=O) groups excluding carboxylic acids is 1. The molecule has 3 N–H and O–H groups in total. The van der Waals surface area contributed by atoms with Gasteiger partial charge in [0.15, 0.2) is 0 Å². The van der Waals surface area contributed by atoms with Gasteiger partial charge in [0.1, 0.15) is 0 Å². The highest BCUT2D eigenvalue weighted by molar-refractivity contribution is 5.91. The Hall–Kier alpha value is -2.03. The molecule has 0 aliphatic carbocycles. The van der Waals surface area contributed by atoms with Crippen molar-refractivity contribution in [3.05, 3.63) is 42.1 Å². The Labute approximate surface area is 81.2 Å². The van der Waals surface area contributed by atoms with Crippen LogP contribution >= 0.6 is 0 Å². The van der Waals surface area contributed by atoms with Crippen LogP contribution in [0, 0.1) is 0 Å². The van der Waals surface area contributed by atoms with Gasteiger partial charge >= 0.3 is 0 Å². The molecule has 14 heavy (non-hydrogen) atoms. The molecule has 0 saturated carbocycles. The normalized spacial score (nSPS) is 11.1. The highest BCUT2D eigenvalue weighted by Crippen LogP contribution is 2.14. The van der Waals surface area contributed by atoms with Crippen molar-refractivity contribution >= 4 is 22.9 Å². The molecule has 1 amide bonds. The van der Waals surface area contributed by atoms with Gasteiger partial charge in [0.25, 0.3) is 0 Å². The largest absolute Gasteiger partial charge is 0.366 e. The predicted octanol–water partition coefficient (Wildman–Crippen LogP) is 1.67. The van der Waals surface area contributed by atoms with Gasteiger partial charge in [-0.25, -0.2) is 0 Å². The monoisotopic (exact) mass is 186 g/mol. The number of fused-ring (bicyclic) bond motifs is 1. The molecular formula is C11H10N2O. The van der Waals surface area contributed by atoms with Gasteiger partial charge in [-0.15, -0.1) is 0 Å². The molecule has 0 aliphatic rings. The zero-order chi connectivity index (χ0) is 9.97. The zero-order valence-electron chi connectivity index (χ0n) is 7.53. The molecule has 0 atom stereocenters. The van der Waals surface area contributed by atoms with Crippen LogP contribution in [-0.2, 0) is 4.79 Å². The molecule has 3 heteroatoms. The zero-order valence-corrected chi connectivity index (χ0v) is 7.53. The SMILES string of the molecule is NC(=O)C=Cc1ccc2cc[nH]c2c1. The van der Waals surface area contributed by atoms with E-state index in [9.17, 15) is 4.79 Å². The second-order valence-electron chi connectivity index (χ2n) is 3.06. The Kier molecular flexibility index (Phi) is 2.07. The van der Waals surface area contributed by atoms with Gasteiger partial charge in [0.2, 0.25) is 5.91 Å². The summed E-state index contributed by atoms with van der Waals surface area (Å²) in [5.41, 5.74) is 7.01. The molecule has 0 aliphatic heterocycles. The van der Waals surface area contributed by atoms with Crippen LogP contribution in [-0.4, -0.2) is 10.9 Å². The van der Waals surface area contributed by atoms with Gasteiger partial charge in [0, 0.05) is 17.8 Å². The Bertz CT molecular complexity index is 497. The number of hydrogen-bond acceptors (Lipinski definition) is 1. The first-order chi connectivity index (χ1) is 6.75. The quantitative estimate of drug-likeness (QED) is 0.688. The molecule has 0 spiro atoms.